The lowest BCUT2D eigenvalue weighted by Gasteiger charge is -2.23. The van der Waals surface area contributed by atoms with Crippen molar-refractivity contribution in [2.75, 3.05) is 18.5 Å². The fourth-order valence-electron chi connectivity index (χ4n) is 3.08. The molecule has 3 rings (SSSR count). The smallest absolute Gasteiger partial charge is 0.330 e. The van der Waals surface area contributed by atoms with E-state index in [4.69, 9.17) is 9.15 Å². The zero-order chi connectivity index (χ0) is 19.9. The van der Waals surface area contributed by atoms with E-state index in [9.17, 15) is 14.4 Å². The minimum atomic E-state index is -0.527. The molecular formula is C21H22N2O5. The Kier molecular flexibility index (Phi) is 6.26. The minimum absolute atomic E-state index is 0.229. The average Bonchev–Trinajstić information content (AvgIpc) is 3.39. The van der Waals surface area contributed by atoms with Gasteiger partial charge in [0.25, 0.3) is 5.91 Å². The molecule has 7 heteroatoms. The van der Waals surface area contributed by atoms with Crippen LogP contribution >= 0.6 is 0 Å². The zero-order valence-electron chi connectivity index (χ0n) is 15.6. The van der Waals surface area contributed by atoms with Crippen LogP contribution in [0.5, 0.6) is 0 Å². The van der Waals surface area contributed by atoms with Crippen LogP contribution in [0.25, 0.3) is 6.08 Å². The third-order valence-corrected chi connectivity index (χ3v) is 4.42. The first-order chi connectivity index (χ1) is 13.6. The summed E-state index contributed by atoms with van der Waals surface area (Å²) in [6, 6.07) is 9.78. The Hall–Kier alpha value is -3.35. The minimum Gasteiger partial charge on any atom is -0.463 e. The van der Waals surface area contributed by atoms with E-state index in [0.717, 1.165) is 12.0 Å². The summed E-state index contributed by atoms with van der Waals surface area (Å²) in [5.74, 6) is -0.672. The van der Waals surface area contributed by atoms with Crippen molar-refractivity contribution in [3.05, 3.63) is 60.1 Å². The number of amides is 2. The second-order valence-electron chi connectivity index (χ2n) is 6.33. The lowest BCUT2D eigenvalue weighted by Crippen LogP contribution is -2.43. The number of nitrogens with one attached hydrogen (secondary N) is 1. The average molecular weight is 382 g/mol. The maximum atomic E-state index is 12.7. The van der Waals surface area contributed by atoms with E-state index >= 15 is 0 Å². The van der Waals surface area contributed by atoms with Crippen molar-refractivity contribution in [3.63, 3.8) is 0 Å². The van der Waals surface area contributed by atoms with E-state index in [1.807, 2.05) is 0 Å². The summed E-state index contributed by atoms with van der Waals surface area (Å²) in [4.78, 5) is 38.0. The number of hydrogen-bond acceptors (Lipinski definition) is 5. The number of rotatable bonds is 6. The van der Waals surface area contributed by atoms with Crippen LogP contribution < -0.4 is 5.32 Å². The molecule has 1 fully saturated rings. The first kappa shape index (κ1) is 19.4. The molecule has 2 aromatic rings. The predicted molar refractivity (Wildman–Crippen MR) is 104 cm³/mol. The first-order valence-corrected chi connectivity index (χ1v) is 9.18. The van der Waals surface area contributed by atoms with Crippen molar-refractivity contribution in [2.45, 2.75) is 25.8 Å². The van der Waals surface area contributed by atoms with Crippen molar-refractivity contribution in [1.82, 2.24) is 4.90 Å². The quantitative estimate of drug-likeness (QED) is 0.613. The number of nitrogens with zero attached hydrogens (tertiary/aromatic N) is 1. The van der Waals surface area contributed by atoms with Gasteiger partial charge in [0.15, 0.2) is 5.76 Å². The molecule has 1 aromatic heterocycles. The van der Waals surface area contributed by atoms with Crippen LogP contribution in [0.3, 0.4) is 0 Å². The molecule has 7 nitrogen and oxygen atoms in total. The Morgan fingerprint density at radius 1 is 1.25 bits per heavy atom. The van der Waals surface area contributed by atoms with Gasteiger partial charge < -0.3 is 19.4 Å². The number of carbonyl (C=O) groups is 3. The van der Waals surface area contributed by atoms with Crippen molar-refractivity contribution in [3.8, 4) is 0 Å². The standard InChI is InChI=1S/C21H22N2O5/c1-2-27-19(24)12-9-15-7-10-16(11-8-15)22-20(25)17-5-3-13-23(17)21(26)18-6-4-14-28-18/h4,6-12,14,17H,2-3,5,13H2,1H3,(H,22,25)/b12-9+. The molecule has 0 bridgehead atoms. The summed E-state index contributed by atoms with van der Waals surface area (Å²) >= 11 is 0. The molecule has 0 saturated carbocycles. The molecule has 146 valence electrons. The first-order valence-electron chi connectivity index (χ1n) is 9.18. The van der Waals surface area contributed by atoms with Gasteiger partial charge in [-0.25, -0.2) is 4.79 Å². The highest BCUT2D eigenvalue weighted by Gasteiger charge is 2.35. The molecule has 0 spiro atoms. The molecule has 2 amide bonds. The van der Waals surface area contributed by atoms with Crippen molar-refractivity contribution in [2.24, 2.45) is 0 Å². The summed E-state index contributed by atoms with van der Waals surface area (Å²) in [5.41, 5.74) is 1.43. The summed E-state index contributed by atoms with van der Waals surface area (Å²) in [6.07, 6.45) is 5.81. The van der Waals surface area contributed by atoms with Crippen LogP contribution in [0.4, 0.5) is 5.69 Å². The van der Waals surface area contributed by atoms with Crippen LogP contribution in [-0.2, 0) is 14.3 Å². The van der Waals surface area contributed by atoms with E-state index in [1.54, 1.807) is 54.3 Å². The van der Waals surface area contributed by atoms with Crippen LogP contribution in [-0.4, -0.2) is 41.9 Å². The number of likely N-dealkylation sites (tertiary alicyclic amines) is 1. The molecule has 1 N–H and O–H groups in total. The molecule has 2 heterocycles. The molecule has 0 aliphatic carbocycles. The van der Waals surface area contributed by atoms with Crippen LogP contribution in [0.1, 0.15) is 35.9 Å². The van der Waals surface area contributed by atoms with Gasteiger partial charge in [0.05, 0.1) is 12.9 Å². The molecule has 0 radical (unpaired) electrons. The molecule has 1 aromatic carbocycles. The number of benzene rings is 1. The Morgan fingerprint density at radius 2 is 2.04 bits per heavy atom. The third kappa shape index (κ3) is 4.68. The molecule has 1 saturated heterocycles. The van der Waals surface area contributed by atoms with Crippen molar-refractivity contribution >= 4 is 29.5 Å². The van der Waals surface area contributed by atoms with Crippen molar-refractivity contribution in [1.29, 1.82) is 0 Å². The second kappa shape index (κ2) is 9.03. The van der Waals surface area contributed by atoms with Gasteiger partial charge in [0, 0.05) is 18.3 Å². The number of furan rings is 1. The van der Waals surface area contributed by atoms with E-state index in [0.29, 0.717) is 25.3 Å². The number of carbonyl (C=O) groups excluding carboxylic acids is 3. The largest absolute Gasteiger partial charge is 0.463 e. The maximum Gasteiger partial charge on any atom is 0.330 e. The van der Waals surface area contributed by atoms with Gasteiger partial charge in [-0.1, -0.05) is 12.1 Å². The van der Waals surface area contributed by atoms with Gasteiger partial charge in [0.2, 0.25) is 5.91 Å². The van der Waals surface area contributed by atoms with Gasteiger partial charge in [-0.3, -0.25) is 9.59 Å². The Morgan fingerprint density at radius 3 is 2.71 bits per heavy atom. The number of hydrogen-bond donors (Lipinski definition) is 1. The monoisotopic (exact) mass is 382 g/mol. The molecular weight excluding hydrogens is 360 g/mol. The Labute approximate surface area is 163 Å². The predicted octanol–water partition coefficient (Wildman–Crippen LogP) is 3.10. The van der Waals surface area contributed by atoms with Gasteiger partial charge in [0.1, 0.15) is 6.04 Å². The van der Waals surface area contributed by atoms with E-state index < -0.39 is 12.0 Å². The Balaban J connectivity index is 1.61. The van der Waals surface area contributed by atoms with Crippen molar-refractivity contribution < 1.29 is 23.5 Å². The Bertz CT molecular complexity index is 855. The number of esters is 1. The SMILES string of the molecule is CCOC(=O)/C=C/c1ccc(NC(=O)C2CCCN2C(=O)c2ccco2)cc1. The number of ether oxygens (including phenoxy) is 1. The molecule has 1 aliphatic heterocycles. The highest BCUT2D eigenvalue weighted by atomic mass is 16.5. The lowest BCUT2D eigenvalue weighted by atomic mass is 10.1. The molecule has 1 aliphatic rings. The summed E-state index contributed by atoms with van der Waals surface area (Å²) in [7, 11) is 0. The third-order valence-electron chi connectivity index (χ3n) is 4.42. The van der Waals surface area contributed by atoms with Crippen LogP contribution in [0, 0.1) is 0 Å². The van der Waals surface area contributed by atoms with Crippen LogP contribution in [0.15, 0.2) is 53.2 Å². The van der Waals surface area contributed by atoms with E-state index in [2.05, 4.69) is 5.32 Å². The van der Waals surface area contributed by atoms with Gasteiger partial charge in [-0.05, 0) is 55.7 Å². The summed E-state index contributed by atoms with van der Waals surface area (Å²) < 4.78 is 9.99. The highest BCUT2D eigenvalue weighted by Crippen LogP contribution is 2.22. The van der Waals surface area contributed by atoms with Gasteiger partial charge in [-0.2, -0.15) is 0 Å². The van der Waals surface area contributed by atoms with Crippen LogP contribution in [0.2, 0.25) is 0 Å². The second-order valence-corrected chi connectivity index (χ2v) is 6.33. The molecule has 28 heavy (non-hydrogen) atoms. The lowest BCUT2D eigenvalue weighted by molar-refractivity contribution is -0.137. The van der Waals surface area contributed by atoms with E-state index in [-0.39, 0.29) is 17.6 Å². The van der Waals surface area contributed by atoms with Gasteiger partial charge >= 0.3 is 5.97 Å². The highest BCUT2D eigenvalue weighted by molar-refractivity contribution is 6.00. The molecule has 1 atom stereocenters. The normalized spacial score (nSPS) is 16.3. The molecule has 1 unspecified atom stereocenters. The van der Waals surface area contributed by atoms with Gasteiger partial charge in [-0.15, -0.1) is 0 Å². The fraction of sp³-hybridized carbons (Fsp3) is 0.286. The topological polar surface area (TPSA) is 88.9 Å². The maximum absolute atomic E-state index is 12.7. The summed E-state index contributed by atoms with van der Waals surface area (Å²) in [5, 5.41) is 2.85. The summed E-state index contributed by atoms with van der Waals surface area (Å²) in [6.45, 7) is 2.60. The number of anilines is 1. The zero-order valence-corrected chi connectivity index (χ0v) is 15.6. The fourth-order valence-corrected chi connectivity index (χ4v) is 3.08. The van der Waals surface area contributed by atoms with E-state index in [1.165, 1.54) is 12.3 Å².